The molecule has 0 heterocycles. The number of hydrogen-bond acceptors (Lipinski definition) is 13. The summed E-state index contributed by atoms with van der Waals surface area (Å²) in [5.41, 5.74) is -0.457. The molecule has 0 aliphatic carbocycles. The van der Waals surface area contributed by atoms with Crippen LogP contribution < -0.4 is 4.72 Å². The van der Waals surface area contributed by atoms with E-state index in [2.05, 4.69) is 25.2 Å². The van der Waals surface area contributed by atoms with E-state index in [-0.39, 0.29) is 49.2 Å². The summed E-state index contributed by atoms with van der Waals surface area (Å²) < 4.78 is 125. The molecule has 5 rings (SSSR count). The van der Waals surface area contributed by atoms with Gasteiger partial charge >= 0.3 is 0 Å². The molecule has 0 unspecified atom stereocenters. The number of phenols is 1. The molecule has 5 aromatic carbocycles. The molecule has 0 aliphatic rings. The molecular weight excluding hydrogens is 715 g/mol. The van der Waals surface area contributed by atoms with Gasteiger partial charge in [0.25, 0.3) is 30.4 Å². The van der Waals surface area contributed by atoms with E-state index >= 15 is 0 Å². The van der Waals surface area contributed by atoms with Crippen LogP contribution in [0.5, 0.6) is 5.75 Å². The van der Waals surface area contributed by atoms with Gasteiger partial charge in [0.05, 0.1) is 33.1 Å². The molecule has 0 radical (unpaired) electrons. The fraction of sp³-hybridized carbons (Fsp3) is 0.0370. The van der Waals surface area contributed by atoms with Crippen LogP contribution in [0.1, 0.15) is 0 Å². The van der Waals surface area contributed by atoms with E-state index in [9.17, 15) is 47.9 Å². The maximum Gasteiger partial charge on any atom is 0.296 e. The highest BCUT2D eigenvalue weighted by Crippen LogP contribution is 2.43. The van der Waals surface area contributed by atoms with Crippen LogP contribution >= 0.6 is 0 Å². The lowest BCUT2D eigenvalue weighted by atomic mass is 10.1. The van der Waals surface area contributed by atoms with Gasteiger partial charge in [-0.3, -0.25) is 18.4 Å². The predicted molar refractivity (Wildman–Crippen MR) is 172 cm³/mol. The van der Waals surface area contributed by atoms with Crippen LogP contribution in [0.3, 0.4) is 0 Å². The van der Waals surface area contributed by atoms with Crippen molar-refractivity contribution < 1.29 is 52.4 Å². The second kappa shape index (κ2) is 12.3. The number of azo groups is 2. The Morgan fingerprint density at radius 2 is 1.12 bits per heavy atom. The maximum absolute atomic E-state index is 12.3. The molecule has 250 valence electrons. The Bertz CT molecular complexity index is 2640. The third-order valence-electron chi connectivity index (χ3n) is 6.54. The Morgan fingerprint density at radius 1 is 0.562 bits per heavy atom. The van der Waals surface area contributed by atoms with Gasteiger partial charge in [0.15, 0.2) is 5.75 Å². The summed E-state index contributed by atoms with van der Waals surface area (Å²) in [6.45, 7) is 0. The minimum absolute atomic E-state index is 0.0168. The van der Waals surface area contributed by atoms with E-state index in [1.165, 1.54) is 48.5 Å². The topological polar surface area (TPSA) is 279 Å². The molecule has 5 N–H and O–H groups in total. The highest BCUT2D eigenvalue weighted by Gasteiger charge is 2.23. The molecule has 0 saturated carbocycles. The van der Waals surface area contributed by atoms with Gasteiger partial charge in [-0.2, -0.15) is 30.4 Å². The van der Waals surface area contributed by atoms with Crippen LogP contribution in [0.2, 0.25) is 0 Å². The first-order chi connectivity index (χ1) is 22.2. The Labute approximate surface area is 272 Å². The van der Waals surface area contributed by atoms with Crippen LogP contribution in [-0.2, 0) is 40.4 Å². The molecule has 5 aromatic rings. The molecule has 0 aromatic heterocycles. The Kier molecular flexibility index (Phi) is 8.81. The third kappa shape index (κ3) is 7.62. The first kappa shape index (κ1) is 34.4. The SMILES string of the molecule is CS(=O)(=O)Nc1ccc2c(O)c(/N=N/c3ccc(/N=N/c4ccc(S(=O)(=O)O)cc4)c4cc(S(=O)(=O)O)ccc34)c(S(=O)(=O)O)cc2c1. The van der Waals surface area contributed by atoms with Crippen molar-refractivity contribution in [2.45, 2.75) is 14.7 Å². The van der Waals surface area contributed by atoms with Gasteiger partial charge in [0.1, 0.15) is 10.6 Å². The van der Waals surface area contributed by atoms with Gasteiger partial charge in [-0.25, -0.2) is 8.42 Å². The number of phenolic OH excluding ortho intramolecular Hbond substituents is 1. The van der Waals surface area contributed by atoms with Crippen LogP contribution in [0.25, 0.3) is 21.5 Å². The van der Waals surface area contributed by atoms with Crippen molar-refractivity contribution in [2.24, 2.45) is 20.5 Å². The zero-order valence-electron chi connectivity index (χ0n) is 24.0. The van der Waals surface area contributed by atoms with Gasteiger partial charge in [-0.15, -0.1) is 15.3 Å². The van der Waals surface area contributed by atoms with Crippen molar-refractivity contribution in [1.82, 2.24) is 0 Å². The quantitative estimate of drug-likeness (QED) is 0.0908. The first-order valence-electron chi connectivity index (χ1n) is 12.9. The lowest BCUT2D eigenvalue weighted by molar-refractivity contribution is 0.472. The van der Waals surface area contributed by atoms with Crippen LogP contribution in [0, 0.1) is 0 Å². The molecular formula is C27H21N5O12S4. The van der Waals surface area contributed by atoms with Crippen molar-refractivity contribution in [3.8, 4) is 5.75 Å². The Hall–Kier alpha value is -4.90. The number of benzene rings is 5. The monoisotopic (exact) mass is 735 g/mol. The second-order valence-electron chi connectivity index (χ2n) is 10.0. The number of hydrogen-bond donors (Lipinski definition) is 5. The van der Waals surface area contributed by atoms with E-state index in [1.54, 1.807) is 0 Å². The summed E-state index contributed by atoms with van der Waals surface area (Å²) in [6, 6.07) is 15.4. The molecule has 0 spiro atoms. The summed E-state index contributed by atoms with van der Waals surface area (Å²) in [7, 11) is -17.9. The van der Waals surface area contributed by atoms with Gasteiger partial charge in [-0.1, -0.05) is 6.07 Å². The molecule has 48 heavy (non-hydrogen) atoms. The number of fused-ring (bicyclic) bond motifs is 2. The molecule has 0 aliphatic heterocycles. The fourth-order valence-corrected chi connectivity index (χ4v) is 6.65. The lowest BCUT2D eigenvalue weighted by Crippen LogP contribution is -2.09. The van der Waals surface area contributed by atoms with E-state index in [0.717, 1.165) is 36.6 Å². The number of nitrogens with zero attached hydrogens (tertiary/aromatic N) is 4. The molecule has 0 atom stereocenters. The number of sulfonamides is 1. The third-order valence-corrected chi connectivity index (χ3v) is 9.73. The van der Waals surface area contributed by atoms with Crippen LogP contribution in [0.15, 0.2) is 114 Å². The van der Waals surface area contributed by atoms with Gasteiger partial charge < -0.3 is 5.11 Å². The number of rotatable bonds is 9. The highest BCUT2D eigenvalue weighted by atomic mass is 32.2. The van der Waals surface area contributed by atoms with Crippen molar-refractivity contribution in [3.63, 3.8) is 0 Å². The minimum atomic E-state index is -5.04. The van der Waals surface area contributed by atoms with Gasteiger partial charge in [-0.05, 0) is 78.2 Å². The number of aromatic hydroxyl groups is 1. The zero-order chi connectivity index (χ0) is 35.2. The molecule has 0 bridgehead atoms. The summed E-state index contributed by atoms with van der Waals surface area (Å²) >= 11 is 0. The lowest BCUT2D eigenvalue weighted by Gasteiger charge is -2.11. The summed E-state index contributed by atoms with van der Waals surface area (Å²) in [5.74, 6) is -0.724. The molecule has 17 nitrogen and oxygen atoms in total. The highest BCUT2D eigenvalue weighted by molar-refractivity contribution is 7.92. The van der Waals surface area contributed by atoms with Gasteiger partial charge in [0.2, 0.25) is 10.0 Å². The average molecular weight is 736 g/mol. The summed E-state index contributed by atoms with van der Waals surface area (Å²) in [6.07, 6.45) is 0.901. The molecule has 0 fully saturated rings. The van der Waals surface area contributed by atoms with Crippen molar-refractivity contribution in [3.05, 3.63) is 78.9 Å². The van der Waals surface area contributed by atoms with E-state index in [1.807, 2.05) is 0 Å². The Balaban J connectivity index is 1.63. The fourth-order valence-electron chi connectivity index (χ4n) is 4.45. The standard InChI is InChI=1S/C27H21N5O12S4/c1-45(34,35)32-17-4-8-20-15(12-17)13-25(48(42,43)44)26(27(20)33)31-30-23-10-11-24(22-14-19(47(39,40)41)7-9-21(22)23)29-28-16-2-5-18(6-3-16)46(36,37)38/h2-14,32-33H,1H3,(H,36,37,38)(H,39,40,41)(H,42,43,44)/b29-28+,31-30+. The van der Waals surface area contributed by atoms with E-state index in [4.69, 9.17) is 4.55 Å². The maximum atomic E-state index is 12.3. The number of anilines is 1. The van der Waals surface area contributed by atoms with Crippen molar-refractivity contribution >= 4 is 90.4 Å². The Morgan fingerprint density at radius 3 is 1.71 bits per heavy atom. The normalized spacial score (nSPS) is 13.2. The minimum Gasteiger partial charge on any atom is -0.505 e. The predicted octanol–water partition coefficient (Wildman–Crippen LogP) is 5.64. The summed E-state index contributed by atoms with van der Waals surface area (Å²) in [4.78, 5) is -1.78. The number of nitrogens with one attached hydrogen (secondary N) is 1. The van der Waals surface area contributed by atoms with Crippen LogP contribution in [-0.4, -0.2) is 58.7 Å². The molecule has 0 saturated heterocycles. The molecule has 21 heteroatoms. The largest absolute Gasteiger partial charge is 0.505 e. The first-order valence-corrected chi connectivity index (χ1v) is 19.1. The average Bonchev–Trinajstić information content (AvgIpc) is 2.97. The second-order valence-corrected chi connectivity index (χ2v) is 16.0. The smallest absolute Gasteiger partial charge is 0.296 e. The van der Waals surface area contributed by atoms with Crippen LogP contribution in [0.4, 0.5) is 28.4 Å². The van der Waals surface area contributed by atoms with Gasteiger partial charge in [0, 0.05) is 21.8 Å². The van der Waals surface area contributed by atoms with Crippen molar-refractivity contribution in [2.75, 3.05) is 11.0 Å². The molecule has 0 amide bonds. The van der Waals surface area contributed by atoms with E-state index in [0.29, 0.717) is 0 Å². The van der Waals surface area contributed by atoms with E-state index < -0.39 is 61.6 Å². The summed E-state index contributed by atoms with van der Waals surface area (Å²) in [5, 5.41) is 27.2. The van der Waals surface area contributed by atoms with Crippen molar-refractivity contribution in [1.29, 1.82) is 0 Å². The zero-order valence-corrected chi connectivity index (χ0v) is 27.2.